The van der Waals surface area contributed by atoms with Crippen molar-refractivity contribution in [3.8, 4) is 0 Å². The van der Waals surface area contributed by atoms with E-state index in [1.165, 1.54) is 0 Å². The van der Waals surface area contributed by atoms with Crippen molar-refractivity contribution < 1.29 is 12.6 Å². The molecule has 1 aliphatic heterocycles. The molecule has 0 aromatic heterocycles. The lowest BCUT2D eigenvalue weighted by molar-refractivity contribution is 0.342. The summed E-state index contributed by atoms with van der Waals surface area (Å²) in [6.45, 7) is 1.99. The maximum atomic E-state index is 10.3. The summed E-state index contributed by atoms with van der Waals surface area (Å²) < 4.78 is 27.2. The van der Waals surface area contributed by atoms with Crippen LogP contribution in [0.4, 0.5) is 0 Å². The minimum atomic E-state index is -3.35. The summed E-state index contributed by atoms with van der Waals surface area (Å²) in [5.74, 6) is 0. The highest BCUT2D eigenvalue weighted by molar-refractivity contribution is 7.84. The first-order chi connectivity index (χ1) is 3.60. The van der Waals surface area contributed by atoms with E-state index in [9.17, 15) is 8.42 Å². The molecule has 1 fully saturated rings. The van der Waals surface area contributed by atoms with Crippen LogP contribution in [0.5, 0.6) is 0 Å². The topological polar surface area (TPSA) is 55.4 Å². The van der Waals surface area contributed by atoms with E-state index in [4.69, 9.17) is 0 Å². The molecule has 0 spiro atoms. The zero-order valence-corrected chi connectivity index (χ0v) is 5.23. The maximum absolute atomic E-state index is 10.3. The molecule has 0 saturated carbocycles. The predicted molar refractivity (Wildman–Crippen MR) is 27.5 cm³/mol. The van der Waals surface area contributed by atoms with E-state index in [0.717, 1.165) is 0 Å². The highest BCUT2D eigenvalue weighted by Gasteiger charge is 2.23. The van der Waals surface area contributed by atoms with Crippen molar-refractivity contribution in [3.63, 3.8) is 0 Å². The SMILES string of the molecule is C[C@H]1COS(=O)(=O)N1. The van der Waals surface area contributed by atoms with E-state index in [1.54, 1.807) is 6.92 Å². The number of hydrogen-bond acceptors (Lipinski definition) is 3. The van der Waals surface area contributed by atoms with Crippen LogP contribution < -0.4 is 4.72 Å². The van der Waals surface area contributed by atoms with Gasteiger partial charge in [-0.25, -0.2) is 0 Å². The molecule has 0 aliphatic carbocycles. The molecule has 1 aliphatic rings. The first-order valence-corrected chi connectivity index (χ1v) is 3.68. The average molecular weight is 137 g/mol. The second-order valence-electron chi connectivity index (χ2n) is 1.76. The Bertz CT molecular complexity index is 173. The van der Waals surface area contributed by atoms with E-state index in [1.807, 2.05) is 0 Å². The Hall–Kier alpha value is -0.130. The van der Waals surface area contributed by atoms with E-state index < -0.39 is 10.3 Å². The van der Waals surface area contributed by atoms with Gasteiger partial charge in [-0.3, -0.25) is 4.18 Å². The van der Waals surface area contributed by atoms with Gasteiger partial charge in [0.05, 0.1) is 6.61 Å². The van der Waals surface area contributed by atoms with Crippen molar-refractivity contribution in [2.45, 2.75) is 13.0 Å². The summed E-state index contributed by atoms with van der Waals surface area (Å²) >= 11 is 0. The van der Waals surface area contributed by atoms with Gasteiger partial charge in [0.1, 0.15) is 0 Å². The molecule has 1 rings (SSSR count). The molecule has 48 valence electrons. The van der Waals surface area contributed by atoms with Crippen LogP contribution in [0, 0.1) is 0 Å². The molecular weight excluding hydrogens is 130 g/mol. The molecule has 0 unspecified atom stereocenters. The van der Waals surface area contributed by atoms with Gasteiger partial charge < -0.3 is 0 Å². The van der Waals surface area contributed by atoms with Crippen LogP contribution in [-0.2, 0) is 14.5 Å². The molecule has 8 heavy (non-hydrogen) atoms. The van der Waals surface area contributed by atoms with Crippen LogP contribution in [0.25, 0.3) is 0 Å². The molecule has 5 heteroatoms. The number of hydrogen-bond donors (Lipinski definition) is 1. The zero-order chi connectivity index (χ0) is 6.20. The van der Waals surface area contributed by atoms with Crippen LogP contribution in [-0.4, -0.2) is 21.1 Å². The van der Waals surface area contributed by atoms with Crippen LogP contribution >= 0.6 is 0 Å². The highest BCUT2D eigenvalue weighted by atomic mass is 32.2. The summed E-state index contributed by atoms with van der Waals surface area (Å²) in [6, 6.07) is -0.0694. The monoisotopic (exact) mass is 137 g/mol. The zero-order valence-electron chi connectivity index (χ0n) is 4.42. The minimum absolute atomic E-state index is 0.0694. The Balaban J connectivity index is 2.71. The third-order valence-corrected chi connectivity index (χ3v) is 1.96. The third kappa shape index (κ3) is 1.18. The molecule has 0 bridgehead atoms. The molecule has 0 radical (unpaired) electrons. The standard InChI is InChI=1S/C3H7NO3S/c1-3-2-7-8(5,6)4-3/h3-4H,2H2,1H3/t3-/m0/s1. The average Bonchev–Trinajstić information content (AvgIpc) is 1.82. The van der Waals surface area contributed by atoms with Gasteiger partial charge in [0.15, 0.2) is 0 Å². The molecule has 0 aromatic carbocycles. The fourth-order valence-corrected chi connectivity index (χ4v) is 1.52. The Morgan fingerprint density at radius 1 is 1.75 bits per heavy atom. The Morgan fingerprint density at radius 3 is 2.50 bits per heavy atom. The van der Waals surface area contributed by atoms with Crippen molar-refractivity contribution >= 4 is 10.3 Å². The molecule has 1 saturated heterocycles. The number of nitrogens with one attached hydrogen (secondary N) is 1. The van der Waals surface area contributed by atoms with Gasteiger partial charge in [-0.15, -0.1) is 0 Å². The summed E-state index contributed by atoms with van der Waals surface area (Å²) in [5, 5.41) is 0. The normalized spacial score (nSPS) is 35.4. The van der Waals surface area contributed by atoms with Gasteiger partial charge in [-0.05, 0) is 6.92 Å². The molecule has 1 heterocycles. The Labute approximate surface area is 48.1 Å². The molecule has 1 N–H and O–H groups in total. The van der Waals surface area contributed by atoms with E-state index in [0.29, 0.717) is 0 Å². The lowest BCUT2D eigenvalue weighted by Gasteiger charge is -1.90. The fraction of sp³-hybridized carbons (Fsp3) is 1.00. The van der Waals surface area contributed by atoms with Crippen LogP contribution in [0.3, 0.4) is 0 Å². The second-order valence-corrected chi connectivity index (χ2v) is 3.14. The van der Waals surface area contributed by atoms with Crippen LogP contribution in [0.15, 0.2) is 0 Å². The molecule has 0 aromatic rings. The molecular formula is C3H7NO3S. The largest absolute Gasteiger partial charge is 0.336 e. The predicted octanol–water partition coefficient (Wildman–Crippen LogP) is -0.760. The quantitative estimate of drug-likeness (QED) is 0.477. The molecule has 1 atom stereocenters. The van der Waals surface area contributed by atoms with Gasteiger partial charge in [0.25, 0.3) is 0 Å². The van der Waals surface area contributed by atoms with Gasteiger partial charge >= 0.3 is 10.3 Å². The molecule has 0 amide bonds. The summed E-state index contributed by atoms with van der Waals surface area (Å²) in [5.41, 5.74) is 0. The first-order valence-electron chi connectivity index (χ1n) is 2.27. The first kappa shape index (κ1) is 6.00. The van der Waals surface area contributed by atoms with Crippen LogP contribution in [0.1, 0.15) is 6.92 Å². The van der Waals surface area contributed by atoms with Gasteiger partial charge in [0.2, 0.25) is 0 Å². The highest BCUT2D eigenvalue weighted by Crippen LogP contribution is 2.00. The van der Waals surface area contributed by atoms with Gasteiger partial charge in [-0.2, -0.15) is 13.1 Å². The Morgan fingerprint density at radius 2 is 2.38 bits per heavy atom. The smallest absolute Gasteiger partial charge is 0.256 e. The van der Waals surface area contributed by atoms with E-state index >= 15 is 0 Å². The lowest BCUT2D eigenvalue weighted by atomic mass is 10.4. The number of rotatable bonds is 0. The van der Waals surface area contributed by atoms with Gasteiger partial charge in [-0.1, -0.05) is 0 Å². The molecule has 4 nitrogen and oxygen atoms in total. The Kier molecular flexibility index (Phi) is 1.26. The summed E-state index contributed by atoms with van der Waals surface area (Å²) in [4.78, 5) is 0. The van der Waals surface area contributed by atoms with Crippen molar-refractivity contribution in [1.82, 2.24) is 4.72 Å². The lowest BCUT2D eigenvalue weighted by Crippen LogP contribution is -2.23. The van der Waals surface area contributed by atoms with E-state index in [-0.39, 0.29) is 12.6 Å². The van der Waals surface area contributed by atoms with Crippen molar-refractivity contribution in [1.29, 1.82) is 0 Å². The summed E-state index contributed by atoms with van der Waals surface area (Å²) in [6.07, 6.45) is 0. The summed E-state index contributed by atoms with van der Waals surface area (Å²) in [7, 11) is -3.35. The van der Waals surface area contributed by atoms with Crippen LogP contribution in [0.2, 0.25) is 0 Å². The third-order valence-electron chi connectivity index (χ3n) is 0.819. The van der Waals surface area contributed by atoms with E-state index in [2.05, 4.69) is 8.91 Å². The van der Waals surface area contributed by atoms with Crippen molar-refractivity contribution in [2.24, 2.45) is 0 Å². The van der Waals surface area contributed by atoms with Crippen molar-refractivity contribution in [2.75, 3.05) is 6.61 Å². The maximum Gasteiger partial charge on any atom is 0.336 e. The minimum Gasteiger partial charge on any atom is -0.256 e. The van der Waals surface area contributed by atoms with Gasteiger partial charge in [0, 0.05) is 6.04 Å². The second kappa shape index (κ2) is 1.68. The fourth-order valence-electron chi connectivity index (χ4n) is 0.506. The van der Waals surface area contributed by atoms with Crippen molar-refractivity contribution in [3.05, 3.63) is 0 Å².